The number of pyridine rings is 1. The number of hydrogen-bond acceptors (Lipinski definition) is 4. The third kappa shape index (κ3) is 2.91. The second kappa shape index (κ2) is 5.99. The SMILES string of the molecule is CCOC(=O)c1ccc(-c2cc(F)cc3c2O[C@H](C)C3)nc1C. The first kappa shape index (κ1) is 15.5. The van der Waals surface area contributed by atoms with Crippen LogP contribution in [0.5, 0.6) is 5.75 Å². The Bertz CT molecular complexity index is 773. The molecule has 4 nitrogen and oxygen atoms in total. The highest BCUT2D eigenvalue weighted by atomic mass is 19.1. The lowest BCUT2D eigenvalue weighted by atomic mass is 10.0. The van der Waals surface area contributed by atoms with Crippen LogP contribution in [0.2, 0.25) is 0 Å². The summed E-state index contributed by atoms with van der Waals surface area (Å²) in [5, 5.41) is 0. The van der Waals surface area contributed by atoms with Crippen LogP contribution in [-0.2, 0) is 11.2 Å². The summed E-state index contributed by atoms with van der Waals surface area (Å²) in [6, 6.07) is 6.27. The largest absolute Gasteiger partial charge is 0.489 e. The van der Waals surface area contributed by atoms with Gasteiger partial charge in [-0.2, -0.15) is 0 Å². The highest BCUT2D eigenvalue weighted by molar-refractivity contribution is 5.91. The van der Waals surface area contributed by atoms with E-state index in [1.54, 1.807) is 26.0 Å². The molecule has 23 heavy (non-hydrogen) atoms. The van der Waals surface area contributed by atoms with Gasteiger partial charge >= 0.3 is 5.97 Å². The van der Waals surface area contributed by atoms with Crippen LogP contribution in [0.3, 0.4) is 0 Å². The number of ether oxygens (including phenoxy) is 2. The standard InChI is InChI=1S/C18H18FNO3/c1-4-22-18(21)14-5-6-16(20-11(14)3)15-9-13(19)8-12-7-10(2)23-17(12)15/h5-6,8-10H,4,7H2,1-3H3/t10-/m1/s1. The Morgan fingerprint density at radius 1 is 1.43 bits per heavy atom. The van der Waals surface area contributed by atoms with Crippen molar-refractivity contribution in [1.29, 1.82) is 0 Å². The van der Waals surface area contributed by atoms with E-state index in [0.29, 0.717) is 41.3 Å². The first-order valence-corrected chi connectivity index (χ1v) is 7.63. The summed E-state index contributed by atoms with van der Waals surface area (Å²) in [4.78, 5) is 16.3. The minimum Gasteiger partial charge on any atom is -0.489 e. The van der Waals surface area contributed by atoms with Gasteiger partial charge in [0.2, 0.25) is 0 Å². The van der Waals surface area contributed by atoms with E-state index in [1.165, 1.54) is 12.1 Å². The molecule has 0 unspecified atom stereocenters. The van der Waals surface area contributed by atoms with E-state index in [0.717, 1.165) is 5.56 Å². The molecule has 0 saturated heterocycles. The molecule has 3 rings (SSSR count). The van der Waals surface area contributed by atoms with E-state index in [1.807, 2.05) is 6.92 Å². The highest BCUT2D eigenvalue weighted by Crippen LogP contribution is 2.39. The zero-order chi connectivity index (χ0) is 16.6. The Morgan fingerprint density at radius 2 is 2.22 bits per heavy atom. The van der Waals surface area contributed by atoms with Crippen molar-refractivity contribution in [3.8, 4) is 17.0 Å². The molecule has 1 aromatic heterocycles. The summed E-state index contributed by atoms with van der Waals surface area (Å²) in [6.07, 6.45) is 0.699. The number of esters is 1. The summed E-state index contributed by atoms with van der Waals surface area (Å²) in [5.74, 6) is -0.0431. The molecule has 0 aliphatic carbocycles. The average Bonchev–Trinajstić information content (AvgIpc) is 2.86. The fraction of sp³-hybridized carbons (Fsp3) is 0.333. The molecule has 2 heterocycles. The summed E-state index contributed by atoms with van der Waals surface area (Å²) in [7, 11) is 0. The first-order chi connectivity index (χ1) is 11.0. The number of hydrogen-bond donors (Lipinski definition) is 0. The van der Waals surface area contributed by atoms with Crippen LogP contribution in [-0.4, -0.2) is 23.7 Å². The highest BCUT2D eigenvalue weighted by Gasteiger charge is 2.25. The smallest absolute Gasteiger partial charge is 0.339 e. The van der Waals surface area contributed by atoms with Gasteiger partial charge in [0.15, 0.2) is 0 Å². The fourth-order valence-corrected chi connectivity index (χ4v) is 2.82. The molecule has 0 N–H and O–H groups in total. The van der Waals surface area contributed by atoms with Crippen LogP contribution in [0, 0.1) is 12.7 Å². The monoisotopic (exact) mass is 315 g/mol. The summed E-state index contributed by atoms with van der Waals surface area (Å²) >= 11 is 0. The number of fused-ring (bicyclic) bond motifs is 1. The van der Waals surface area contributed by atoms with E-state index in [2.05, 4.69) is 4.98 Å². The Morgan fingerprint density at radius 3 is 2.91 bits per heavy atom. The number of aryl methyl sites for hydroxylation is 1. The van der Waals surface area contributed by atoms with Crippen molar-refractivity contribution < 1.29 is 18.7 Å². The van der Waals surface area contributed by atoms with Crippen molar-refractivity contribution in [2.75, 3.05) is 6.61 Å². The van der Waals surface area contributed by atoms with Crippen molar-refractivity contribution in [2.24, 2.45) is 0 Å². The van der Waals surface area contributed by atoms with Crippen LogP contribution in [0.25, 0.3) is 11.3 Å². The zero-order valence-electron chi connectivity index (χ0n) is 13.4. The van der Waals surface area contributed by atoms with E-state index in [-0.39, 0.29) is 11.9 Å². The van der Waals surface area contributed by atoms with E-state index in [4.69, 9.17) is 9.47 Å². The molecule has 0 bridgehead atoms. The van der Waals surface area contributed by atoms with Crippen LogP contribution >= 0.6 is 0 Å². The molecule has 1 atom stereocenters. The topological polar surface area (TPSA) is 48.4 Å². The number of aromatic nitrogens is 1. The summed E-state index contributed by atoms with van der Waals surface area (Å²) in [5.41, 5.74) is 3.01. The number of benzene rings is 1. The van der Waals surface area contributed by atoms with Crippen molar-refractivity contribution >= 4 is 5.97 Å². The number of carbonyl (C=O) groups is 1. The second-order valence-electron chi connectivity index (χ2n) is 5.62. The normalized spacial score (nSPS) is 15.9. The molecular formula is C18H18FNO3. The molecular weight excluding hydrogens is 297 g/mol. The van der Waals surface area contributed by atoms with Gasteiger partial charge in [-0.1, -0.05) is 0 Å². The predicted molar refractivity (Wildman–Crippen MR) is 84.1 cm³/mol. The number of carbonyl (C=O) groups excluding carboxylic acids is 1. The molecule has 1 aliphatic rings. The second-order valence-corrected chi connectivity index (χ2v) is 5.62. The fourth-order valence-electron chi connectivity index (χ4n) is 2.82. The lowest BCUT2D eigenvalue weighted by molar-refractivity contribution is 0.0525. The maximum absolute atomic E-state index is 13.9. The van der Waals surface area contributed by atoms with Gasteiger partial charge in [0.1, 0.15) is 17.7 Å². The van der Waals surface area contributed by atoms with Crippen molar-refractivity contribution in [3.05, 3.63) is 46.9 Å². The quantitative estimate of drug-likeness (QED) is 0.810. The molecule has 2 aromatic rings. The lowest BCUT2D eigenvalue weighted by Gasteiger charge is -2.11. The minimum absolute atomic E-state index is 0.0189. The lowest BCUT2D eigenvalue weighted by Crippen LogP contribution is -2.08. The summed E-state index contributed by atoms with van der Waals surface area (Å²) in [6.45, 7) is 5.75. The third-order valence-electron chi connectivity index (χ3n) is 3.81. The minimum atomic E-state index is -0.404. The molecule has 120 valence electrons. The Labute approximate surface area is 134 Å². The number of rotatable bonds is 3. The maximum Gasteiger partial charge on any atom is 0.339 e. The van der Waals surface area contributed by atoms with Gasteiger partial charge in [0.25, 0.3) is 0 Å². The van der Waals surface area contributed by atoms with Gasteiger partial charge in [-0.3, -0.25) is 4.98 Å². The zero-order valence-corrected chi connectivity index (χ0v) is 13.4. The Balaban J connectivity index is 2.04. The predicted octanol–water partition coefficient (Wildman–Crippen LogP) is 3.70. The third-order valence-corrected chi connectivity index (χ3v) is 3.81. The molecule has 0 spiro atoms. The van der Waals surface area contributed by atoms with Gasteiger partial charge in [-0.15, -0.1) is 0 Å². The van der Waals surface area contributed by atoms with Crippen molar-refractivity contribution in [3.63, 3.8) is 0 Å². The molecule has 0 fully saturated rings. The van der Waals surface area contributed by atoms with Crippen molar-refractivity contribution in [1.82, 2.24) is 4.98 Å². The number of halogens is 1. The van der Waals surface area contributed by atoms with Gasteiger partial charge < -0.3 is 9.47 Å². The van der Waals surface area contributed by atoms with Crippen LogP contribution < -0.4 is 4.74 Å². The molecule has 1 aromatic carbocycles. The summed E-state index contributed by atoms with van der Waals surface area (Å²) < 4.78 is 24.7. The van der Waals surface area contributed by atoms with Crippen LogP contribution in [0.15, 0.2) is 24.3 Å². The first-order valence-electron chi connectivity index (χ1n) is 7.63. The van der Waals surface area contributed by atoms with Gasteiger partial charge in [0.05, 0.1) is 23.6 Å². The number of nitrogens with zero attached hydrogens (tertiary/aromatic N) is 1. The van der Waals surface area contributed by atoms with Gasteiger partial charge in [0, 0.05) is 17.5 Å². The molecule has 0 radical (unpaired) electrons. The molecule has 0 amide bonds. The van der Waals surface area contributed by atoms with E-state index < -0.39 is 5.97 Å². The average molecular weight is 315 g/mol. The molecule has 5 heteroatoms. The molecule has 1 aliphatic heterocycles. The van der Waals surface area contributed by atoms with E-state index in [9.17, 15) is 9.18 Å². The van der Waals surface area contributed by atoms with Gasteiger partial charge in [-0.05, 0) is 45.0 Å². The van der Waals surface area contributed by atoms with Crippen LogP contribution in [0.1, 0.15) is 35.5 Å². The van der Waals surface area contributed by atoms with Gasteiger partial charge in [-0.25, -0.2) is 9.18 Å². The van der Waals surface area contributed by atoms with Crippen molar-refractivity contribution in [2.45, 2.75) is 33.3 Å². The maximum atomic E-state index is 13.9. The Hall–Kier alpha value is -2.43. The Kier molecular flexibility index (Phi) is 4.03. The van der Waals surface area contributed by atoms with Crippen LogP contribution in [0.4, 0.5) is 4.39 Å². The van der Waals surface area contributed by atoms with E-state index >= 15 is 0 Å². The molecule has 0 saturated carbocycles.